The van der Waals surface area contributed by atoms with Gasteiger partial charge in [-0.05, 0) is 43.3 Å². The number of hydrogen-bond acceptors (Lipinski definition) is 4. The summed E-state index contributed by atoms with van der Waals surface area (Å²) in [4.78, 5) is 2.30. The van der Waals surface area contributed by atoms with E-state index in [1.54, 1.807) is 7.11 Å². The van der Waals surface area contributed by atoms with E-state index in [2.05, 4.69) is 35.2 Å². The molecule has 5 nitrogen and oxygen atoms in total. The first-order chi connectivity index (χ1) is 12.7. The van der Waals surface area contributed by atoms with Gasteiger partial charge in [0.15, 0.2) is 0 Å². The number of aryl methyl sites for hydroxylation is 1. The Bertz CT molecular complexity index is 629. The van der Waals surface area contributed by atoms with Gasteiger partial charge in [0.25, 0.3) is 0 Å². The summed E-state index contributed by atoms with van der Waals surface area (Å²) < 4.78 is 12.4. The molecule has 0 amide bonds. The van der Waals surface area contributed by atoms with Crippen LogP contribution in [0.15, 0.2) is 24.3 Å². The molecule has 146 valence electrons. The molecular formula is C21H35N3O2. The lowest BCUT2D eigenvalue weighted by molar-refractivity contribution is 0.0800. The molecule has 0 saturated heterocycles. The minimum absolute atomic E-state index is 0.723. The molecule has 0 spiro atoms. The lowest BCUT2D eigenvalue weighted by atomic mass is 10.1. The van der Waals surface area contributed by atoms with Crippen LogP contribution in [0.4, 0.5) is 0 Å². The highest BCUT2D eigenvalue weighted by Gasteiger charge is 2.15. The Morgan fingerprint density at radius 3 is 2.38 bits per heavy atom. The first-order valence-corrected chi connectivity index (χ1v) is 9.61. The van der Waals surface area contributed by atoms with Gasteiger partial charge in [0.1, 0.15) is 5.75 Å². The average molecular weight is 362 g/mol. The van der Waals surface area contributed by atoms with E-state index in [9.17, 15) is 0 Å². The van der Waals surface area contributed by atoms with Gasteiger partial charge in [-0.2, -0.15) is 5.10 Å². The van der Waals surface area contributed by atoms with Crippen LogP contribution < -0.4 is 4.74 Å². The van der Waals surface area contributed by atoms with E-state index in [4.69, 9.17) is 9.47 Å². The molecule has 0 saturated carbocycles. The smallest absolute Gasteiger partial charge is 0.119 e. The number of ether oxygens (including phenoxy) is 2. The second-order valence-corrected chi connectivity index (χ2v) is 5.86. The molecule has 2 aliphatic heterocycles. The molecule has 0 atom stereocenters. The van der Waals surface area contributed by atoms with Crippen LogP contribution in [0.5, 0.6) is 5.75 Å². The Labute approximate surface area is 158 Å². The monoisotopic (exact) mass is 361 g/mol. The fourth-order valence-electron chi connectivity index (χ4n) is 2.90. The van der Waals surface area contributed by atoms with Gasteiger partial charge in [0, 0.05) is 13.1 Å². The van der Waals surface area contributed by atoms with Crippen LogP contribution in [-0.2, 0) is 31.0 Å². The molecule has 1 aromatic heterocycles. The summed E-state index contributed by atoms with van der Waals surface area (Å²) in [6, 6.07) is 8.37. The standard InChI is InChI=1S/C10H13NO.C7H10N2O.2C2H6/c1-11-6-8-3-4-10(12-2)5-9(8)7-11;1-6-4-7-5-10-3-2-9(7)8-6;2*1-2/h3-5H,6-7H2,1-2H3;4H,2-3,5H2,1H3;2*1-2H3. The molecule has 3 heterocycles. The molecule has 5 heteroatoms. The predicted octanol–water partition coefficient (Wildman–Crippen LogP) is 4.41. The second-order valence-electron chi connectivity index (χ2n) is 5.86. The van der Waals surface area contributed by atoms with Gasteiger partial charge in [0.2, 0.25) is 0 Å². The van der Waals surface area contributed by atoms with Gasteiger partial charge < -0.3 is 9.47 Å². The molecule has 0 radical (unpaired) electrons. The first kappa shape index (κ1) is 22.2. The predicted molar refractivity (Wildman–Crippen MR) is 107 cm³/mol. The summed E-state index contributed by atoms with van der Waals surface area (Å²) in [6.07, 6.45) is 0. The van der Waals surface area contributed by atoms with Crippen LogP contribution in [0.25, 0.3) is 0 Å². The number of hydrogen-bond donors (Lipinski definition) is 0. The number of aromatic nitrogens is 2. The van der Waals surface area contributed by atoms with Crippen LogP contribution in [0.3, 0.4) is 0 Å². The largest absolute Gasteiger partial charge is 0.497 e. The zero-order valence-corrected chi connectivity index (χ0v) is 17.5. The summed E-state index contributed by atoms with van der Waals surface area (Å²) in [5, 5.41) is 4.29. The van der Waals surface area contributed by atoms with E-state index < -0.39 is 0 Å². The van der Waals surface area contributed by atoms with Crippen molar-refractivity contribution in [2.45, 2.75) is 60.9 Å². The Morgan fingerprint density at radius 1 is 1.04 bits per heavy atom. The van der Waals surface area contributed by atoms with Crippen molar-refractivity contribution in [1.82, 2.24) is 14.7 Å². The van der Waals surface area contributed by atoms with Crippen LogP contribution in [-0.4, -0.2) is 35.4 Å². The van der Waals surface area contributed by atoms with E-state index in [-0.39, 0.29) is 0 Å². The highest BCUT2D eigenvalue weighted by Crippen LogP contribution is 2.25. The quantitative estimate of drug-likeness (QED) is 0.754. The van der Waals surface area contributed by atoms with Gasteiger partial charge in [-0.1, -0.05) is 33.8 Å². The summed E-state index contributed by atoms with van der Waals surface area (Å²) in [5.41, 5.74) is 5.11. The molecule has 4 rings (SSSR count). The van der Waals surface area contributed by atoms with Crippen LogP contribution in [0.1, 0.15) is 50.2 Å². The van der Waals surface area contributed by atoms with Gasteiger partial charge in [0.05, 0.1) is 38.3 Å². The lowest BCUT2D eigenvalue weighted by Gasteiger charge is -2.12. The van der Waals surface area contributed by atoms with Gasteiger partial charge >= 0.3 is 0 Å². The highest BCUT2D eigenvalue weighted by molar-refractivity contribution is 5.37. The van der Waals surface area contributed by atoms with Crippen molar-refractivity contribution in [3.8, 4) is 5.75 Å². The van der Waals surface area contributed by atoms with Crippen molar-refractivity contribution in [3.63, 3.8) is 0 Å². The van der Waals surface area contributed by atoms with E-state index in [1.165, 1.54) is 16.8 Å². The third kappa shape index (κ3) is 6.15. The second kappa shape index (κ2) is 11.7. The van der Waals surface area contributed by atoms with Crippen molar-refractivity contribution in [2.75, 3.05) is 20.8 Å². The zero-order valence-electron chi connectivity index (χ0n) is 17.5. The summed E-state index contributed by atoms with van der Waals surface area (Å²) in [7, 11) is 3.84. The Balaban J connectivity index is 0.000000221. The lowest BCUT2D eigenvalue weighted by Crippen LogP contribution is -2.16. The molecule has 2 aromatic rings. The number of benzene rings is 1. The van der Waals surface area contributed by atoms with E-state index in [0.29, 0.717) is 0 Å². The number of rotatable bonds is 1. The zero-order chi connectivity index (χ0) is 19.5. The summed E-state index contributed by atoms with van der Waals surface area (Å²) >= 11 is 0. The fraction of sp³-hybridized carbons (Fsp3) is 0.571. The maximum Gasteiger partial charge on any atom is 0.119 e. The average Bonchev–Trinajstić information content (AvgIpc) is 3.25. The SMILES string of the molecule is CC.CC.COc1ccc2c(c1)CN(C)C2.Cc1cc2n(n1)CCOC2. The van der Waals surface area contributed by atoms with Crippen molar-refractivity contribution in [1.29, 1.82) is 0 Å². The third-order valence-corrected chi connectivity index (χ3v) is 3.98. The number of methoxy groups -OCH3 is 1. The van der Waals surface area contributed by atoms with Gasteiger partial charge in [-0.3, -0.25) is 9.58 Å². The summed E-state index contributed by atoms with van der Waals surface area (Å²) in [6.45, 7) is 14.6. The first-order valence-electron chi connectivity index (χ1n) is 9.61. The van der Waals surface area contributed by atoms with Gasteiger partial charge in [-0.25, -0.2) is 0 Å². The van der Waals surface area contributed by atoms with E-state index >= 15 is 0 Å². The van der Waals surface area contributed by atoms with E-state index in [1.807, 2.05) is 45.4 Å². The van der Waals surface area contributed by atoms with Crippen molar-refractivity contribution in [3.05, 3.63) is 46.8 Å². The number of nitrogens with zero attached hydrogens (tertiary/aromatic N) is 3. The van der Waals surface area contributed by atoms with Crippen LogP contribution >= 0.6 is 0 Å². The van der Waals surface area contributed by atoms with Crippen molar-refractivity contribution >= 4 is 0 Å². The fourth-order valence-corrected chi connectivity index (χ4v) is 2.90. The molecule has 0 aliphatic carbocycles. The minimum Gasteiger partial charge on any atom is -0.497 e. The third-order valence-electron chi connectivity index (χ3n) is 3.98. The molecule has 0 fully saturated rings. The van der Waals surface area contributed by atoms with Crippen molar-refractivity contribution in [2.24, 2.45) is 0 Å². The molecular weight excluding hydrogens is 326 g/mol. The maximum absolute atomic E-state index is 5.25. The highest BCUT2D eigenvalue weighted by atomic mass is 16.5. The number of fused-ring (bicyclic) bond motifs is 2. The van der Waals surface area contributed by atoms with Crippen LogP contribution in [0, 0.1) is 6.92 Å². The van der Waals surface area contributed by atoms with Crippen molar-refractivity contribution < 1.29 is 9.47 Å². The molecule has 0 unspecified atom stereocenters. The molecule has 26 heavy (non-hydrogen) atoms. The molecule has 0 bridgehead atoms. The normalized spacial score (nSPS) is 14.4. The molecule has 1 aromatic carbocycles. The summed E-state index contributed by atoms with van der Waals surface area (Å²) in [5.74, 6) is 0.962. The topological polar surface area (TPSA) is 39.5 Å². The Kier molecular flexibility index (Phi) is 9.99. The minimum atomic E-state index is 0.723. The van der Waals surface area contributed by atoms with E-state index in [0.717, 1.165) is 44.3 Å². The Morgan fingerprint density at radius 2 is 1.73 bits per heavy atom. The Hall–Kier alpha value is -1.85. The molecule has 0 N–H and O–H groups in total. The molecule has 2 aliphatic rings. The maximum atomic E-state index is 5.25. The van der Waals surface area contributed by atoms with Gasteiger partial charge in [-0.15, -0.1) is 0 Å². The van der Waals surface area contributed by atoms with Crippen LogP contribution in [0.2, 0.25) is 0 Å².